The first-order valence-electron chi connectivity index (χ1n) is 52.0. The highest BCUT2D eigenvalue weighted by Crippen LogP contribution is 2.53. The molecule has 0 bridgehead atoms. The zero-order valence-corrected chi connectivity index (χ0v) is 92.1. The average molecular weight is 2020 g/mol. The number of thioether (sulfide) groups is 2. The van der Waals surface area contributed by atoms with E-state index >= 15 is 0 Å². The summed E-state index contributed by atoms with van der Waals surface area (Å²) in [7, 11) is 0. The van der Waals surface area contributed by atoms with Gasteiger partial charge in [-0.05, 0) is 198 Å². The number of thiocarbonyl (C=S) groups is 2. The van der Waals surface area contributed by atoms with E-state index in [0.29, 0.717) is 55.3 Å². The standard InChI is InChI=1S/C110H156N4O4S13/c1-11-21-29-37-45-53-61-79-71-85(77-87-107(117)130-105(101-103(115)111(19-9)109(119)128-101)113(87)69-59-51-43-35-27-17-7)121-97(79)91-75-83(65-57-49-41-33-25-15-5)99(126-91)93-73-81(63-55-47-39-31-23-13-3)95(124-93)89-67-68-90(123-89)96-82(64-56-48-40-32-24-14-4)74-94(125-96)100-84(66-58-50-42-34-26-16-6)76-92(127-100)98-80(62-54-46-38-30-22-12-2)72-86(122-98)78-88-108(118)131-106(102-104(116)112(20-10)110(120)129-102)114(88)70-60-52-44-36-28-18-8/h67-68,71-78H,11-66,69-70H2,1-10H3. The van der Waals surface area contributed by atoms with Gasteiger partial charge < -0.3 is 9.13 Å². The van der Waals surface area contributed by atoms with Crippen LogP contribution >= 0.6 is 150 Å². The number of rotatable bonds is 66. The van der Waals surface area contributed by atoms with Gasteiger partial charge in [-0.1, -0.05) is 383 Å². The third-order valence-electron chi connectivity index (χ3n) is 26.3. The molecule has 0 saturated carbocycles. The molecule has 11 rings (SSSR count). The Kier molecular flexibility index (Phi) is 48.3. The van der Waals surface area contributed by atoms with E-state index in [1.54, 1.807) is 9.80 Å². The topological polar surface area (TPSA) is 84.6 Å². The van der Waals surface area contributed by atoms with Gasteiger partial charge in [0.15, 0.2) is 0 Å². The van der Waals surface area contributed by atoms with Crippen LogP contribution in [0.25, 0.3) is 80.5 Å². The van der Waals surface area contributed by atoms with E-state index in [2.05, 4.69) is 148 Å². The summed E-state index contributed by atoms with van der Waals surface area (Å²) in [6, 6.07) is 20.4. The summed E-state index contributed by atoms with van der Waals surface area (Å²) >= 11 is 30.8. The first-order chi connectivity index (χ1) is 64.1. The highest BCUT2D eigenvalue weighted by molar-refractivity contribution is 8.30. The van der Waals surface area contributed by atoms with Crippen LogP contribution in [0, 0.1) is 0 Å². The predicted molar refractivity (Wildman–Crippen MR) is 598 cm³/mol. The lowest BCUT2D eigenvalue weighted by atomic mass is 10.0. The molecule has 2 saturated heterocycles. The SMILES string of the molecule is CCCCCCCCc1cc(C=c2c(=O)sc(=C3SC(=S)N(CC)C3=O)n2CCCCCCCC)sc1-c1cc(CCCCCCCC)c(-c2cc(CCCCCCCC)c(-c3ccc(-c4sc(-c5sc(-c6sc(C=c7c(=O)sc(=C8SC(=S)N(CC)C8=O)n7CCCCCCCC)cc6CCCCCCCC)cc5CCCCCCCC)cc4CCCCCCCC)s3)s2)s1. The van der Waals surface area contributed by atoms with Crippen LogP contribution in [0.4, 0.5) is 0 Å². The van der Waals surface area contributed by atoms with Gasteiger partial charge >= 0.3 is 0 Å². The maximum atomic E-state index is 14.7. The Hall–Kier alpha value is -3.94. The van der Waals surface area contributed by atoms with Crippen molar-refractivity contribution in [2.24, 2.45) is 0 Å². The lowest BCUT2D eigenvalue weighted by Gasteiger charge is -2.09. The van der Waals surface area contributed by atoms with Gasteiger partial charge in [-0.15, -0.1) is 79.4 Å². The third kappa shape index (κ3) is 31.3. The van der Waals surface area contributed by atoms with E-state index in [0.717, 1.165) is 96.1 Å². The molecule has 2 aliphatic heterocycles. The number of carbonyl (C=O) groups excluding carboxylic acids is 2. The van der Waals surface area contributed by atoms with Crippen molar-refractivity contribution >= 4 is 192 Å². The monoisotopic (exact) mass is 2010 g/mol. The van der Waals surface area contributed by atoms with Gasteiger partial charge in [0, 0.05) is 94.5 Å². The van der Waals surface area contributed by atoms with Crippen molar-refractivity contribution in [3.63, 3.8) is 0 Å². The van der Waals surface area contributed by atoms with Gasteiger partial charge in [0.25, 0.3) is 21.3 Å². The Balaban J connectivity index is 1.02. The van der Waals surface area contributed by atoms with Crippen molar-refractivity contribution in [1.82, 2.24) is 18.9 Å². The van der Waals surface area contributed by atoms with Crippen LogP contribution in [-0.4, -0.2) is 52.5 Å². The largest absolute Gasteiger partial charge is 0.328 e. The quantitative estimate of drug-likeness (QED) is 0.0275. The molecule has 718 valence electrons. The highest BCUT2D eigenvalue weighted by atomic mass is 32.2. The molecule has 0 radical (unpaired) electrons. The molecule has 0 unspecified atom stereocenters. The lowest BCUT2D eigenvalue weighted by Crippen LogP contribution is -2.34. The molecule has 0 aromatic carbocycles. The molecule has 0 atom stereocenters. The number of thiophene rings is 7. The van der Waals surface area contributed by atoms with E-state index in [1.165, 1.54) is 408 Å². The molecule has 0 N–H and O–H groups in total. The molecule has 2 fully saturated rings. The van der Waals surface area contributed by atoms with Gasteiger partial charge in [-0.25, -0.2) is 0 Å². The molecule has 9 aromatic heterocycles. The van der Waals surface area contributed by atoms with Crippen LogP contribution in [0.3, 0.4) is 0 Å². The molecule has 11 heterocycles. The van der Waals surface area contributed by atoms with E-state index in [4.69, 9.17) is 24.4 Å². The summed E-state index contributed by atoms with van der Waals surface area (Å²) in [6.07, 6.45) is 69.4. The van der Waals surface area contributed by atoms with E-state index in [-0.39, 0.29) is 21.3 Å². The molecule has 2 amide bonds. The number of hydrogen-bond donors (Lipinski definition) is 0. The van der Waals surface area contributed by atoms with Gasteiger partial charge in [0.1, 0.15) is 38.5 Å². The summed E-state index contributed by atoms with van der Waals surface area (Å²) < 4.78 is 7.07. The number of amides is 2. The van der Waals surface area contributed by atoms with E-state index < -0.39 is 0 Å². The molecule has 9 aromatic rings. The lowest BCUT2D eigenvalue weighted by molar-refractivity contribution is -0.121. The van der Waals surface area contributed by atoms with Crippen LogP contribution in [0.15, 0.2) is 58.1 Å². The van der Waals surface area contributed by atoms with Crippen molar-refractivity contribution in [2.45, 2.75) is 429 Å². The molecular formula is C110H156N4O4S13. The number of hydrogen-bond acceptors (Lipinski definition) is 17. The van der Waals surface area contributed by atoms with Crippen molar-refractivity contribution in [2.75, 3.05) is 13.1 Å². The van der Waals surface area contributed by atoms with Crippen molar-refractivity contribution in [1.29, 1.82) is 0 Å². The Bertz CT molecular complexity index is 5090. The normalized spacial score (nSPS) is 14.4. The maximum Gasteiger partial charge on any atom is 0.269 e. The number of aryl methyl sites for hydroxylation is 6. The van der Waals surface area contributed by atoms with Gasteiger partial charge in [0.05, 0.1) is 0 Å². The molecule has 2 aliphatic rings. The fourth-order valence-corrected chi connectivity index (χ4v) is 32.6. The molecule has 0 aliphatic carbocycles. The predicted octanol–water partition coefficient (Wildman–Crippen LogP) is 34.3. The Labute approximate surface area is 844 Å². The molecular weight excluding hydrogens is 1860 g/mol. The molecule has 21 heteroatoms. The first kappa shape index (κ1) is 107. The number of nitrogens with zero attached hydrogens (tertiary/aromatic N) is 4. The maximum absolute atomic E-state index is 14.7. The van der Waals surface area contributed by atoms with Gasteiger partial charge in [-0.3, -0.25) is 29.0 Å². The zero-order chi connectivity index (χ0) is 92.6. The number of thiazole rings is 2. The Morgan fingerprint density at radius 2 is 0.489 bits per heavy atom. The minimum absolute atomic E-state index is 0.0116. The molecule has 131 heavy (non-hydrogen) atoms. The van der Waals surface area contributed by atoms with E-state index in [1.807, 2.05) is 70.5 Å². The summed E-state index contributed by atoms with van der Waals surface area (Å²) in [5.74, 6) is -0.160. The van der Waals surface area contributed by atoms with Crippen LogP contribution in [0.5, 0.6) is 0 Å². The van der Waals surface area contributed by atoms with Gasteiger partial charge in [0.2, 0.25) is 0 Å². The second-order valence-electron chi connectivity index (χ2n) is 36.9. The number of carbonyl (C=O) groups is 2. The Morgan fingerprint density at radius 3 is 0.740 bits per heavy atom. The summed E-state index contributed by atoms with van der Waals surface area (Å²) in [6.45, 7) is 24.8. The Morgan fingerprint density at radius 1 is 0.260 bits per heavy atom. The second-order valence-corrected chi connectivity index (χ2v) is 49.6. The highest BCUT2D eigenvalue weighted by Gasteiger charge is 2.35. The molecule has 8 nitrogen and oxygen atoms in total. The van der Waals surface area contributed by atoms with Crippen LogP contribution < -0.4 is 29.5 Å². The first-order valence-corrected chi connectivity index (χ1v) is 61.8. The number of aromatic nitrogens is 2. The summed E-state index contributed by atoms with van der Waals surface area (Å²) in [4.78, 5) is 81.3. The van der Waals surface area contributed by atoms with Crippen molar-refractivity contribution in [3.05, 3.63) is 131 Å². The fraction of sp³-hybridized carbons (Fsp3) is 0.618. The van der Waals surface area contributed by atoms with Crippen molar-refractivity contribution in [3.8, 4) is 58.5 Å². The summed E-state index contributed by atoms with van der Waals surface area (Å²) in [5, 5.41) is 1.38. The minimum Gasteiger partial charge on any atom is -0.328 e. The van der Waals surface area contributed by atoms with Crippen molar-refractivity contribution < 1.29 is 9.59 Å². The second kappa shape index (κ2) is 58.8. The van der Waals surface area contributed by atoms with Gasteiger partial charge in [-0.2, -0.15) is 0 Å². The van der Waals surface area contributed by atoms with Crippen LogP contribution in [0.1, 0.15) is 421 Å². The fourth-order valence-electron chi connectivity index (χ4n) is 18.6. The number of unbranched alkanes of at least 4 members (excludes halogenated alkanes) is 40. The summed E-state index contributed by atoms with van der Waals surface area (Å²) in [5.41, 5.74) is 8.78. The third-order valence-corrected chi connectivity index (χ3v) is 40.5. The van der Waals surface area contributed by atoms with Crippen LogP contribution in [-0.2, 0) is 61.2 Å². The van der Waals surface area contributed by atoms with E-state index in [9.17, 15) is 19.2 Å². The van der Waals surface area contributed by atoms with Crippen LogP contribution in [0.2, 0.25) is 0 Å². The smallest absolute Gasteiger partial charge is 0.269 e. The average Bonchev–Trinajstić information content (AvgIpc) is 1.61. The minimum atomic E-state index is -0.0801. The zero-order valence-electron chi connectivity index (χ0n) is 81.5. The molecule has 0 spiro atoms.